The van der Waals surface area contributed by atoms with Crippen LogP contribution in [0.5, 0.6) is 5.88 Å². The van der Waals surface area contributed by atoms with Crippen LogP contribution >= 0.6 is 15.9 Å². The molecule has 2 heterocycles. The molecule has 0 aliphatic rings. The number of aromatic nitrogens is 4. The molecule has 0 saturated heterocycles. The molecule has 3 rings (SSSR count). The van der Waals surface area contributed by atoms with Gasteiger partial charge < -0.3 is 4.74 Å². The molecule has 3 aromatic rings. The van der Waals surface area contributed by atoms with Gasteiger partial charge in [-0.1, -0.05) is 15.9 Å². The standard InChI is InChI=1S/C17H17BrN6O2/c1-10-15(11(2)24(23-10)13-6-4-12(18)5-7-13)16(25)21-22-17-19-9-8-14(20-17)26-3/h4-9H,1-3H3,(H,21,25)(H,19,20,22). The van der Waals surface area contributed by atoms with Gasteiger partial charge in [-0.15, -0.1) is 0 Å². The fourth-order valence-electron chi connectivity index (χ4n) is 2.50. The second-order valence-corrected chi connectivity index (χ2v) is 6.35. The fraction of sp³-hybridized carbons (Fsp3) is 0.176. The molecule has 0 unspecified atom stereocenters. The van der Waals surface area contributed by atoms with E-state index in [0.29, 0.717) is 17.1 Å². The van der Waals surface area contributed by atoms with E-state index < -0.39 is 0 Å². The van der Waals surface area contributed by atoms with Crippen LogP contribution in [0.4, 0.5) is 5.95 Å². The topological polar surface area (TPSA) is 94.0 Å². The van der Waals surface area contributed by atoms with Gasteiger partial charge in [-0.25, -0.2) is 9.67 Å². The van der Waals surface area contributed by atoms with Crippen LogP contribution in [0, 0.1) is 13.8 Å². The number of nitrogens with one attached hydrogen (secondary N) is 2. The van der Waals surface area contributed by atoms with Crippen LogP contribution in [-0.2, 0) is 0 Å². The Kier molecular flexibility index (Phi) is 5.17. The van der Waals surface area contributed by atoms with Crippen molar-refractivity contribution in [3.05, 3.63) is 58.0 Å². The van der Waals surface area contributed by atoms with Crippen molar-refractivity contribution in [3.8, 4) is 11.6 Å². The molecule has 134 valence electrons. The van der Waals surface area contributed by atoms with Crippen molar-refractivity contribution < 1.29 is 9.53 Å². The molecule has 0 atom stereocenters. The van der Waals surface area contributed by atoms with Gasteiger partial charge in [-0.3, -0.25) is 15.6 Å². The summed E-state index contributed by atoms with van der Waals surface area (Å²) in [6, 6.07) is 9.31. The normalized spacial score (nSPS) is 10.5. The van der Waals surface area contributed by atoms with E-state index >= 15 is 0 Å². The van der Waals surface area contributed by atoms with Gasteiger partial charge in [0.05, 0.1) is 29.7 Å². The molecule has 1 amide bonds. The van der Waals surface area contributed by atoms with Gasteiger partial charge in [0.2, 0.25) is 11.8 Å². The number of nitrogens with zero attached hydrogens (tertiary/aromatic N) is 4. The molecule has 0 aliphatic heterocycles. The molecule has 0 bridgehead atoms. The molecule has 8 nitrogen and oxygen atoms in total. The first kappa shape index (κ1) is 17.9. The van der Waals surface area contributed by atoms with Crippen molar-refractivity contribution in [3.63, 3.8) is 0 Å². The highest BCUT2D eigenvalue weighted by Gasteiger charge is 2.19. The van der Waals surface area contributed by atoms with Crippen molar-refractivity contribution in [2.75, 3.05) is 12.5 Å². The number of hydrazine groups is 1. The maximum atomic E-state index is 12.6. The van der Waals surface area contributed by atoms with Crippen LogP contribution in [-0.4, -0.2) is 32.8 Å². The zero-order valence-corrected chi connectivity index (χ0v) is 16.0. The Hall–Kier alpha value is -2.94. The third-order valence-corrected chi connectivity index (χ3v) is 4.25. The highest BCUT2D eigenvalue weighted by Crippen LogP contribution is 2.20. The predicted molar refractivity (Wildman–Crippen MR) is 100 cm³/mol. The number of carbonyl (C=O) groups is 1. The molecule has 0 aliphatic carbocycles. The number of hydrogen-bond donors (Lipinski definition) is 2. The van der Waals surface area contributed by atoms with E-state index in [1.165, 1.54) is 13.3 Å². The summed E-state index contributed by atoms with van der Waals surface area (Å²) in [5.74, 6) is 0.301. The minimum absolute atomic E-state index is 0.230. The van der Waals surface area contributed by atoms with Crippen LogP contribution in [0.2, 0.25) is 0 Å². The van der Waals surface area contributed by atoms with E-state index in [4.69, 9.17) is 4.74 Å². The smallest absolute Gasteiger partial charge is 0.273 e. The Labute approximate surface area is 158 Å². The Balaban J connectivity index is 1.80. The third kappa shape index (κ3) is 3.67. The second-order valence-electron chi connectivity index (χ2n) is 5.44. The van der Waals surface area contributed by atoms with Crippen LogP contribution in [0.25, 0.3) is 5.69 Å². The van der Waals surface area contributed by atoms with Crippen LogP contribution in [0.1, 0.15) is 21.7 Å². The third-order valence-electron chi connectivity index (χ3n) is 3.72. The zero-order valence-electron chi connectivity index (χ0n) is 14.4. The van der Waals surface area contributed by atoms with Crippen molar-refractivity contribution in [2.45, 2.75) is 13.8 Å². The number of ether oxygens (including phenoxy) is 1. The Morgan fingerprint density at radius 2 is 1.92 bits per heavy atom. The van der Waals surface area contributed by atoms with Gasteiger partial charge >= 0.3 is 0 Å². The number of rotatable bonds is 5. The van der Waals surface area contributed by atoms with Gasteiger partial charge in [-0.2, -0.15) is 10.1 Å². The summed E-state index contributed by atoms with van der Waals surface area (Å²) in [6.45, 7) is 3.64. The molecule has 0 radical (unpaired) electrons. The first-order valence-corrected chi connectivity index (χ1v) is 8.54. The summed E-state index contributed by atoms with van der Waals surface area (Å²) in [6.07, 6.45) is 1.53. The maximum absolute atomic E-state index is 12.6. The van der Waals surface area contributed by atoms with Gasteiger partial charge in [0.1, 0.15) is 0 Å². The summed E-state index contributed by atoms with van der Waals surface area (Å²) in [5.41, 5.74) is 7.99. The molecule has 9 heteroatoms. The minimum atomic E-state index is -0.324. The number of anilines is 1. The summed E-state index contributed by atoms with van der Waals surface area (Å²) < 4.78 is 7.73. The van der Waals surface area contributed by atoms with Gasteiger partial charge in [0, 0.05) is 16.7 Å². The molecule has 1 aromatic carbocycles. The molecule has 2 N–H and O–H groups in total. The average molecular weight is 417 g/mol. The number of hydrogen-bond acceptors (Lipinski definition) is 6. The van der Waals surface area contributed by atoms with E-state index in [1.807, 2.05) is 31.2 Å². The molecule has 2 aromatic heterocycles. The van der Waals surface area contributed by atoms with Crippen LogP contribution < -0.4 is 15.6 Å². The van der Waals surface area contributed by atoms with E-state index in [2.05, 4.69) is 41.8 Å². The quantitative estimate of drug-likeness (QED) is 0.621. The Morgan fingerprint density at radius 3 is 2.62 bits per heavy atom. The lowest BCUT2D eigenvalue weighted by Crippen LogP contribution is -2.31. The van der Waals surface area contributed by atoms with Crippen LogP contribution in [0.3, 0.4) is 0 Å². The molecule has 0 spiro atoms. The summed E-state index contributed by atoms with van der Waals surface area (Å²) >= 11 is 3.41. The van der Waals surface area contributed by atoms with Crippen molar-refractivity contribution in [1.82, 2.24) is 25.2 Å². The summed E-state index contributed by atoms with van der Waals surface area (Å²) in [5, 5.41) is 4.48. The highest BCUT2D eigenvalue weighted by molar-refractivity contribution is 9.10. The van der Waals surface area contributed by atoms with Crippen LogP contribution in [0.15, 0.2) is 41.0 Å². The number of carbonyl (C=O) groups excluding carboxylic acids is 1. The molecule has 26 heavy (non-hydrogen) atoms. The first-order valence-electron chi connectivity index (χ1n) is 7.75. The maximum Gasteiger partial charge on any atom is 0.273 e. The van der Waals surface area contributed by atoms with Crippen molar-refractivity contribution >= 4 is 27.8 Å². The lowest BCUT2D eigenvalue weighted by molar-refractivity contribution is 0.0961. The SMILES string of the molecule is COc1ccnc(NNC(=O)c2c(C)nn(-c3ccc(Br)cc3)c2C)n1. The van der Waals surface area contributed by atoms with E-state index in [1.54, 1.807) is 17.7 Å². The monoisotopic (exact) mass is 416 g/mol. The van der Waals surface area contributed by atoms with E-state index in [0.717, 1.165) is 15.9 Å². The lowest BCUT2D eigenvalue weighted by Gasteiger charge is -2.08. The number of aryl methyl sites for hydroxylation is 1. The van der Waals surface area contributed by atoms with Gasteiger partial charge in [0.25, 0.3) is 5.91 Å². The average Bonchev–Trinajstić information content (AvgIpc) is 2.95. The van der Waals surface area contributed by atoms with Crippen molar-refractivity contribution in [2.24, 2.45) is 0 Å². The molecule has 0 saturated carbocycles. The second kappa shape index (κ2) is 7.52. The zero-order chi connectivity index (χ0) is 18.7. The molecule has 0 fully saturated rings. The minimum Gasteiger partial charge on any atom is -0.481 e. The van der Waals surface area contributed by atoms with E-state index in [-0.39, 0.29) is 11.9 Å². The summed E-state index contributed by atoms with van der Waals surface area (Å²) in [7, 11) is 1.51. The molecular weight excluding hydrogens is 400 g/mol. The number of benzene rings is 1. The Morgan fingerprint density at radius 1 is 1.19 bits per heavy atom. The number of methoxy groups -OCH3 is 1. The number of amides is 1. The molecular formula is C17H17BrN6O2. The fourth-order valence-corrected chi connectivity index (χ4v) is 2.76. The predicted octanol–water partition coefficient (Wildman–Crippen LogP) is 2.81. The largest absolute Gasteiger partial charge is 0.481 e. The summed E-state index contributed by atoms with van der Waals surface area (Å²) in [4.78, 5) is 20.7. The first-order chi connectivity index (χ1) is 12.5. The highest BCUT2D eigenvalue weighted by atomic mass is 79.9. The van der Waals surface area contributed by atoms with Gasteiger partial charge in [-0.05, 0) is 38.1 Å². The van der Waals surface area contributed by atoms with Crippen molar-refractivity contribution in [1.29, 1.82) is 0 Å². The number of halogens is 1. The lowest BCUT2D eigenvalue weighted by atomic mass is 10.2. The van der Waals surface area contributed by atoms with E-state index in [9.17, 15) is 4.79 Å². The Bertz CT molecular complexity index is 939. The van der Waals surface area contributed by atoms with Gasteiger partial charge in [0.15, 0.2) is 0 Å².